The highest BCUT2D eigenvalue weighted by molar-refractivity contribution is 5.85. The lowest BCUT2D eigenvalue weighted by atomic mass is 10.00. The van der Waals surface area contributed by atoms with Gasteiger partial charge in [0.15, 0.2) is 5.78 Å². The Kier molecular flexibility index (Phi) is 13.3. The highest BCUT2D eigenvalue weighted by atomic mass is 17.1. The summed E-state index contributed by atoms with van der Waals surface area (Å²) in [5.74, 6) is 0.235. The van der Waals surface area contributed by atoms with Gasteiger partial charge in [-0.05, 0) is 19.5 Å². The molecule has 0 rings (SSSR count). The normalized spacial score (nSPS) is 12.3. The molecule has 0 aliphatic rings. The number of carbonyl (C=O) groups excluding carboxylic acids is 1. The minimum absolute atomic E-state index is 0. The lowest BCUT2D eigenvalue weighted by Crippen LogP contribution is -2.37. The first-order chi connectivity index (χ1) is 7.94. The number of nitrogens with two attached hydrogens (primary N) is 1. The Balaban J connectivity index is -0.000000507. The molecule has 0 unspecified atom stereocenters. The molecule has 0 spiro atoms. The second-order valence-corrected chi connectivity index (χ2v) is 4.16. The summed E-state index contributed by atoms with van der Waals surface area (Å²) >= 11 is 0. The minimum atomic E-state index is -0.282. The van der Waals surface area contributed by atoms with Gasteiger partial charge in [-0.1, -0.05) is 27.7 Å². The number of ketones is 1. The van der Waals surface area contributed by atoms with Crippen LogP contribution in [0.3, 0.4) is 0 Å². The highest BCUT2D eigenvalue weighted by Crippen LogP contribution is 2.02. The number of carbonyl (C=O) groups is 1. The Hall–Kier alpha value is -0.490. The Morgan fingerprint density at radius 3 is 2.12 bits per heavy atom. The van der Waals surface area contributed by atoms with Crippen molar-refractivity contribution in [1.29, 1.82) is 0 Å². The van der Waals surface area contributed by atoms with E-state index in [0.29, 0.717) is 0 Å². The van der Waals surface area contributed by atoms with Crippen LogP contribution in [-0.2, 0) is 9.68 Å². The van der Waals surface area contributed by atoms with E-state index in [1.165, 1.54) is 7.11 Å². The molecule has 106 valence electrons. The van der Waals surface area contributed by atoms with Gasteiger partial charge in [0.2, 0.25) is 0 Å². The van der Waals surface area contributed by atoms with Crippen molar-refractivity contribution in [2.75, 3.05) is 26.7 Å². The quantitative estimate of drug-likeness (QED) is 0.530. The highest BCUT2D eigenvalue weighted by Gasteiger charge is 2.17. The number of hydrogen-bond donors (Lipinski definition) is 2. The lowest BCUT2D eigenvalue weighted by molar-refractivity contribution is -0.214. The van der Waals surface area contributed by atoms with E-state index in [4.69, 9.17) is 11.0 Å². The predicted molar refractivity (Wildman–Crippen MR) is 72.0 cm³/mol. The van der Waals surface area contributed by atoms with Crippen LogP contribution in [0.25, 0.3) is 0 Å². The fraction of sp³-hybridized carbons (Fsp3) is 0.917. The molecule has 0 aromatic carbocycles. The SMILES string of the molecule is CCN(CC)CC[C@H](N)C(=O)C(C)C.COO.[HH]. The zero-order valence-corrected chi connectivity index (χ0v) is 11.8. The first-order valence-electron chi connectivity index (χ1n) is 6.13. The average Bonchev–Trinajstić information content (AvgIpc) is 2.30. The fourth-order valence-electron chi connectivity index (χ4n) is 1.43. The van der Waals surface area contributed by atoms with E-state index in [2.05, 4.69) is 23.6 Å². The predicted octanol–water partition coefficient (Wildman–Crippen LogP) is 1.62. The second-order valence-electron chi connectivity index (χ2n) is 4.16. The zero-order valence-electron chi connectivity index (χ0n) is 11.8. The standard InChI is InChI=1S/C11H24N2O.CH4O2.H2/c1-5-13(6-2)8-7-10(12)11(14)9(3)4;1-3-2;/h9-10H,5-8,12H2,1-4H3;2H,1H3;1H/t10-;;/m0../s1. The van der Waals surface area contributed by atoms with Crippen LogP contribution in [0.15, 0.2) is 0 Å². The van der Waals surface area contributed by atoms with Crippen LogP contribution in [0, 0.1) is 5.92 Å². The van der Waals surface area contributed by atoms with Gasteiger partial charge >= 0.3 is 0 Å². The summed E-state index contributed by atoms with van der Waals surface area (Å²) in [7, 11) is 1.18. The summed E-state index contributed by atoms with van der Waals surface area (Å²) in [6, 6.07) is -0.282. The summed E-state index contributed by atoms with van der Waals surface area (Å²) in [5, 5.41) is 7.07. The summed E-state index contributed by atoms with van der Waals surface area (Å²) in [4.78, 5) is 17.0. The van der Waals surface area contributed by atoms with Crippen molar-refractivity contribution in [2.45, 2.75) is 40.2 Å². The van der Waals surface area contributed by atoms with Gasteiger partial charge in [-0.15, -0.1) is 0 Å². The van der Waals surface area contributed by atoms with Gasteiger partial charge < -0.3 is 10.6 Å². The van der Waals surface area contributed by atoms with E-state index in [0.717, 1.165) is 26.1 Å². The van der Waals surface area contributed by atoms with Crippen LogP contribution in [0.4, 0.5) is 0 Å². The molecule has 0 saturated carbocycles. The van der Waals surface area contributed by atoms with Gasteiger partial charge in [0.1, 0.15) is 0 Å². The van der Waals surface area contributed by atoms with Gasteiger partial charge in [-0.2, -0.15) is 0 Å². The van der Waals surface area contributed by atoms with E-state index < -0.39 is 0 Å². The molecule has 0 amide bonds. The molecular weight excluding hydrogens is 220 g/mol. The third-order valence-electron chi connectivity index (χ3n) is 2.59. The van der Waals surface area contributed by atoms with Crippen molar-refractivity contribution in [2.24, 2.45) is 11.7 Å². The minimum Gasteiger partial charge on any atom is -0.321 e. The number of hydrogen-bond acceptors (Lipinski definition) is 5. The maximum atomic E-state index is 11.5. The van der Waals surface area contributed by atoms with Crippen LogP contribution >= 0.6 is 0 Å². The molecule has 0 fully saturated rings. The third kappa shape index (κ3) is 10.4. The molecule has 0 aromatic rings. The van der Waals surface area contributed by atoms with E-state index >= 15 is 0 Å². The van der Waals surface area contributed by atoms with Crippen molar-refractivity contribution in [3.05, 3.63) is 0 Å². The van der Waals surface area contributed by atoms with E-state index in [1.54, 1.807) is 0 Å². The van der Waals surface area contributed by atoms with E-state index in [-0.39, 0.29) is 19.2 Å². The molecule has 5 heteroatoms. The summed E-state index contributed by atoms with van der Waals surface area (Å²) in [6.07, 6.45) is 0.776. The van der Waals surface area contributed by atoms with Crippen LogP contribution in [0.2, 0.25) is 0 Å². The van der Waals surface area contributed by atoms with Crippen LogP contribution < -0.4 is 5.73 Å². The van der Waals surface area contributed by atoms with Gasteiger partial charge in [-0.25, -0.2) is 4.89 Å². The van der Waals surface area contributed by atoms with Crippen molar-refractivity contribution in [3.63, 3.8) is 0 Å². The molecule has 5 nitrogen and oxygen atoms in total. The molecule has 0 radical (unpaired) electrons. The Labute approximate surface area is 106 Å². The van der Waals surface area contributed by atoms with Gasteiger partial charge in [0, 0.05) is 13.9 Å². The number of Topliss-reactive ketones (excluding diaryl/α,β-unsaturated/α-hetero) is 1. The largest absolute Gasteiger partial charge is 0.321 e. The molecule has 0 aliphatic heterocycles. The Morgan fingerprint density at radius 2 is 1.82 bits per heavy atom. The summed E-state index contributed by atoms with van der Waals surface area (Å²) < 4.78 is 0. The topological polar surface area (TPSA) is 75.8 Å². The van der Waals surface area contributed by atoms with Gasteiger partial charge in [0.25, 0.3) is 0 Å². The van der Waals surface area contributed by atoms with Crippen molar-refractivity contribution in [3.8, 4) is 0 Å². The smallest absolute Gasteiger partial charge is 0.152 e. The fourth-order valence-corrected chi connectivity index (χ4v) is 1.43. The van der Waals surface area contributed by atoms with Crippen LogP contribution in [0.1, 0.15) is 35.5 Å². The van der Waals surface area contributed by atoms with Gasteiger partial charge in [-0.3, -0.25) is 10.1 Å². The molecule has 0 aliphatic carbocycles. The molecule has 3 N–H and O–H groups in total. The zero-order chi connectivity index (χ0) is 13.8. The summed E-state index contributed by atoms with van der Waals surface area (Å²) in [5.41, 5.74) is 5.80. The maximum Gasteiger partial charge on any atom is 0.152 e. The van der Waals surface area contributed by atoms with Crippen LogP contribution in [-0.4, -0.2) is 48.7 Å². The average molecular weight is 250 g/mol. The maximum absolute atomic E-state index is 11.5. The molecular formula is C12H30N2O3. The van der Waals surface area contributed by atoms with Crippen molar-refractivity contribution < 1.29 is 16.4 Å². The van der Waals surface area contributed by atoms with Crippen molar-refractivity contribution >= 4 is 5.78 Å². The first-order valence-corrected chi connectivity index (χ1v) is 6.13. The third-order valence-corrected chi connectivity index (χ3v) is 2.59. The summed E-state index contributed by atoms with van der Waals surface area (Å²) in [6.45, 7) is 11.0. The Morgan fingerprint density at radius 1 is 1.41 bits per heavy atom. The van der Waals surface area contributed by atoms with E-state index in [9.17, 15) is 4.79 Å². The first kappa shape index (κ1) is 18.9. The molecule has 0 aromatic heterocycles. The number of nitrogens with zero attached hydrogens (tertiary/aromatic N) is 1. The second kappa shape index (κ2) is 12.0. The van der Waals surface area contributed by atoms with Crippen molar-refractivity contribution in [1.82, 2.24) is 4.90 Å². The Bertz CT molecular complexity index is 188. The van der Waals surface area contributed by atoms with Crippen LogP contribution in [0.5, 0.6) is 0 Å². The molecule has 1 atom stereocenters. The molecule has 17 heavy (non-hydrogen) atoms. The van der Waals surface area contributed by atoms with Gasteiger partial charge in [0.05, 0.1) is 13.2 Å². The molecule has 0 heterocycles. The molecule has 0 bridgehead atoms. The number of rotatable bonds is 7. The molecule has 0 saturated heterocycles. The van der Waals surface area contributed by atoms with E-state index in [1.807, 2.05) is 13.8 Å². The lowest BCUT2D eigenvalue weighted by Gasteiger charge is -2.20. The monoisotopic (exact) mass is 250 g/mol.